The first-order valence-electron chi connectivity index (χ1n) is 8.33. The van der Waals surface area contributed by atoms with Gasteiger partial charge in [0, 0.05) is 37.4 Å². The second kappa shape index (κ2) is 6.96. The van der Waals surface area contributed by atoms with Crippen LogP contribution in [0.1, 0.15) is 19.4 Å². The van der Waals surface area contributed by atoms with Crippen molar-refractivity contribution < 1.29 is 0 Å². The third-order valence-corrected chi connectivity index (χ3v) is 5.02. The van der Waals surface area contributed by atoms with E-state index in [4.69, 9.17) is 0 Å². The molecule has 0 unspecified atom stereocenters. The summed E-state index contributed by atoms with van der Waals surface area (Å²) in [7, 11) is 1.54. The maximum absolute atomic E-state index is 12.5. The highest BCUT2D eigenvalue weighted by Gasteiger charge is 2.14. The number of thioether (sulfide) groups is 1. The summed E-state index contributed by atoms with van der Waals surface area (Å²) in [5.74, 6) is 0.320. The van der Waals surface area contributed by atoms with Crippen LogP contribution in [0.2, 0.25) is 0 Å². The van der Waals surface area contributed by atoms with Crippen molar-refractivity contribution in [2.75, 3.05) is 6.26 Å². The molecule has 0 spiro atoms. The van der Waals surface area contributed by atoms with Crippen molar-refractivity contribution in [2.45, 2.75) is 31.8 Å². The molecule has 0 atom stereocenters. The maximum atomic E-state index is 12.5. The number of aromatic nitrogens is 3. The van der Waals surface area contributed by atoms with E-state index in [2.05, 4.69) is 44.4 Å². The van der Waals surface area contributed by atoms with Crippen LogP contribution < -0.4 is 11.2 Å². The second-order valence-electron chi connectivity index (χ2n) is 6.73. The minimum Gasteiger partial charge on any atom is -0.347 e. The van der Waals surface area contributed by atoms with Crippen molar-refractivity contribution in [3.63, 3.8) is 0 Å². The number of rotatable bonds is 5. The monoisotopic (exact) mass is 357 g/mol. The molecule has 0 saturated carbocycles. The molecule has 1 aromatic carbocycles. The summed E-state index contributed by atoms with van der Waals surface area (Å²) in [5.41, 5.74) is 1.37. The molecule has 0 amide bonds. The summed E-state index contributed by atoms with van der Waals surface area (Å²) in [6.07, 6.45) is 5.80. The van der Waals surface area contributed by atoms with Gasteiger partial charge >= 0.3 is 5.69 Å². The van der Waals surface area contributed by atoms with E-state index in [9.17, 15) is 9.59 Å². The normalized spacial score (nSPS) is 11.6. The summed E-state index contributed by atoms with van der Waals surface area (Å²) in [4.78, 5) is 26.2. The minimum atomic E-state index is -0.256. The zero-order valence-electron chi connectivity index (χ0n) is 15.0. The highest BCUT2D eigenvalue weighted by molar-refractivity contribution is 7.98. The molecular weight excluding hydrogens is 334 g/mol. The number of benzene rings is 1. The van der Waals surface area contributed by atoms with Gasteiger partial charge in [0.05, 0.1) is 10.9 Å². The molecule has 0 radical (unpaired) electrons. The van der Waals surface area contributed by atoms with E-state index in [1.54, 1.807) is 23.4 Å². The van der Waals surface area contributed by atoms with Gasteiger partial charge in [0.15, 0.2) is 0 Å². The molecule has 0 aliphatic heterocycles. The van der Waals surface area contributed by atoms with Crippen LogP contribution in [0.5, 0.6) is 0 Å². The third kappa shape index (κ3) is 3.44. The Kier molecular flexibility index (Phi) is 4.90. The first kappa shape index (κ1) is 17.6. The van der Waals surface area contributed by atoms with Crippen LogP contribution in [0.25, 0.3) is 10.9 Å². The van der Waals surface area contributed by atoms with Crippen molar-refractivity contribution in [3.8, 4) is 0 Å². The van der Waals surface area contributed by atoms with E-state index in [0.29, 0.717) is 29.9 Å². The summed E-state index contributed by atoms with van der Waals surface area (Å²) < 4.78 is 4.88. The van der Waals surface area contributed by atoms with Crippen LogP contribution in [0.4, 0.5) is 0 Å². The molecule has 2 heterocycles. The van der Waals surface area contributed by atoms with E-state index in [1.807, 2.05) is 17.0 Å². The number of hydrogen-bond acceptors (Lipinski definition) is 3. The summed E-state index contributed by atoms with van der Waals surface area (Å²) >= 11 is 1.71. The molecule has 6 heteroatoms. The van der Waals surface area contributed by atoms with Gasteiger partial charge in [0.25, 0.3) is 5.56 Å². The van der Waals surface area contributed by atoms with Gasteiger partial charge in [-0.1, -0.05) is 26.0 Å². The molecule has 3 rings (SSSR count). The van der Waals surface area contributed by atoms with Crippen LogP contribution in [0.3, 0.4) is 0 Å². The molecule has 0 N–H and O–H groups in total. The van der Waals surface area contributed by atoms with Gasteiger partial charge in [-0.2, -0.15) is 0 Å². The van der Waals surface area contributed by atoms with Crippen LogP contribution in [0.15, 0.2) is 51.1 Å². The first-order valence-corrected chi connectivity index (χ1v) is 9.55. The van der Waals surface area contributed by atoms with Crippen molar-refractivity contribution >= 4 is 22.7 Å². The standard InChI is InChI=1S/C19H23N3O2S/c1-13(2)9-22-17-12-21(10-14-5-7-15(25-4)8-6-14)11-16(17)18(23)20(3)19(22)24/h5-8,11-13H,9-10H2,1-4H3. The van der Waals surface area contributed by atoms with Crippen molar-refractivity contribution in [3.05, 3.63) is 63.1 Å². The number of fused-ring (bicyclic) bond motifs is 1. The quantitative estimate of drug-likeness (QED) is 0.660. The molecule has 132 valence electrons. The lowest BCUT2D eigenvalue weighted by Gasteiger charge is -2.11. The molecule has 3 aromatic rings. The van der Waals surface area contributed by atoms with Gasteiger partial charge in [0.2, 0.25) is 0 Å². The topological polar surface area (TPSA) is 48.9 Å². The van der Waals surface area contributed by atoms with Crippen LogP contribution in [-0.4, -0.2) is 20.0 Å². The highest BCUT2D eigenvalue weighted by atomic mass is 32.2. The lowest BCUT2D eigenvalue weighted by atomic mass is 10.2. The van der Waals surface area contributed by atoms with Crippen molar-refractivity contribution in [2.24, 2.45) is 13.0 Å². The Bertz CT molecular complexity index is 1010. The minimum absolute atomic E-state index is 0.239. The molecule has 0 aliphatic rings. The Morgan fingerprint density at radius 2 is 1.76 bits per heavy atom. The van der Waals surface area contributed by atoms with E-state index >= 15 is 0 Å². The predicted octanol–water partition coefficient (Wildman–Crippen LogP) is 2.93. The van der Waals surface area contributed by atoms with Gasteiger partial charge in [-0.25, -0.2) is 4.79 Å². The fraction of sp³-hybridized carbons (Fsp3) is 0.368. The average Bonchev–Trinajstić information content (AvgIpc) is 3.01. The van der Waals surface area contributed by atoms with Gasteiger partial charge in [0.1, 0.15) is 0 Å². The molecule has 2 aromatic heterocycles. The molecule has 0 aliphatic carbocycles. The predicted molar refractivity (Wildman–Crippen MR) is 104 cm³/mol. The summed E-state index contributed by atoms with van der Waals surface area (Å²) in [5, 5.41) is 0.587. The van der Waals surface area contributed by atoms with E-state index in [0.717, 1.165) is 5.56 Å². The summed E-state index contributed by atoms with van der Waals surface area (Å²) in [6, 6.07) is 8.37. The Labute approximate surface area is 150 Å². The summed E-state index contributed by atoms with van der Waals surface area (Å²) in [6.45, 7) is 5.39. The fourth-order valence-electron chi connectivity index (χ4n) is 3.00. The van der Waals surface area contributed by atoms with E-state index < -0.39 is 0 Å². The number of nitrogens with zero attached hydrogens (tertiary/aromatic N) is 3. The van der Waals surface area contributed by atoms with Crippen LogP contribution in [-0.2, 0) is 20.1 Å². The van der Waals surface area contributed by atoms with Crippen LogP contribution in [0, 0.1) is 5.92 Å². The lowest BCUT2D eigenvalue weighted by Crippen LogP contribution is -2.38. The molecule has 25 heavy (non-hydrogen) atoms. The SMILES string of the molecule is CSc1ccc(Cn2cc3c(=O)n(C)c(=O)n(CC(C)C)c3c2)cc1. The first-order chi connectivity index (χ1) is 11.9. The fourth-order valence-corrected chi connectivity index (χ4v) is 3.41. The Morgan fingerprint density at radius 3 is 2.36 bits per heavy atom. The van der Waals surface area contributed by atoms with Crippen LogP contribution >= 0.6 is 11.8 Å². The third-order valence-electron chi connectivity index (χ3n) is 4.27. The lowest BCUT2D eigenvalue weighted by molar-refractivity contribution is 0.502. The zero-order chi connectivity index (χ0) is 18.1. The highest BCUT2D eigenvalue weighted by Crippen LogP contribution is 2.17. The Morgan fingerprint density at radius 1 is 1.08 bits per heavy atom. The van der Waals surface area contributed by atoms with Gasteiger partial charge < -0.3 is 4.57 Å². The van der Waals surface area contributed by atoms with Crippen molar-refractivity contribution in [1.82, 2.24) is 13.7 Å². The molecule has 0 fully saturated rings. The smallest absolute Gasteiger partial charge is 0.331 e. The molecule has 0 bridgehead atoms. The molecule has 5 nitrogen and oxygen atoms in total. The van der Waals surface area contributed by atoms with E-state index in [1.165, 1.54) is 9.46 Å². The Balaban J connectivity index is 2.07. The molecular formula is C19H23N3O2S. The second-order valence-corrected chi connectivity index (χ2v) is 7.61. The number of hydrogen-bond donors (Lipinski definition) is 0. The van der Waals surface area contributed by atoms with Gasteiger partial charge in [-0.3, -0.25) is 13.9 Å². The Hall–Kier alpha value is -2.21. The zero-order valence-corrected chi connectivity index (χ0v) is 15.8. The van der Waals surface area contributed by atoms with Gasteiger partial charge in [-0.05, 0) is 29.9 Å². The van der Waals surface area contributed by atoms with Gasteiger partial charge in [-0.15, -0.1) is 11.8 Å². The van der Waals surface area contributed by atoms with Crippen molar-refractivity contribution in [1.29, 1.82) is 0 Å². The largest absolute Gasteiger partial charge is 0.347 e. The van der Waals surface area contributed by atoms with E-state index in [-0.39, 0.29) is 11.2 Å². The maximum Gasteiger partial charge on any atom is 0.331 e. The molecule has 0 saturated heterocycles. The average molecular weight is 357 g/mol.